The van der Waals surface area contributed by atoms with Crippen molar-refractivity contribution in [1.82, 2.24) is 31.2 Å². The van der Waals surface area contributed by atoms with Crippen LogP contribution < -0.4 is 52.7 Å². The number of unbranched alkanes of at least 4 members (excludes halogenated alkanes) is 2. The Balaban J connectivity index is 0.811. The summed E-state index contributed by atoms with van der Waals surface area (Å²) in [4.78, 5) is 144. The number of guanidine groups is 1. The van der Waals surface area contributed by atoms with Gasteiger partial charge in [0.2, 0.25) is 23.2 Å². The van der Waals surface area contributed by atoms with E-state index >= 15 is 9.59 Å². The number of allylic oxidation sites excluding steroid dienone is 3. The van der Waals surface area contributed by atoms with Crippen molar-refractivity contribution >= 4 is 98.2 Å². The van der Waals surface area contributed by atoms with E-state index in [0.29, 0.717) is 75.0 Å². The SMILES string of the molecule is CO[C@H]1/C=C/O[C@@]2(C)Oc3c(C)c(O)c4c(=O)c(c5oc6cc(N7CCC(NC(=O)OCc8ccc(NC(=O)[C@H](CCCNC(=N)N)NC(=O)[C@H](Cc9ccccc9)NC(=O)CCCCCN9C(=O)C=CC9=O)cc8)CC7)cc(O)c6nc-5c4c3C2=O)NC(=O)/C(C)=C\C=C\[C@H](C)C[C@@H](C)C[C@@H](C)[C@H](OC(C)=O)[C@@H]1C. The van der Waals surface area contributed by atoms with Crippen LogP contribution in [0.15, 0.2) is 124 Å². The number of anilines is 3. The first-order valence-corrected chi connectivity index (χ1v) is 37.1. The first-order valence-electron chi connectivity index (χ1n) is 37.1. The number of Topliss-reactive ketones (excluding diaryl/α,β-unsaturated/α-hetero) is 1. The molecule has 1 aliphatic carbocycles. The maximum absolute atomic E-state index is 15.2. The lowest BCUT2D eigenvalue weighted by atomic mass is 9.82. The van der Waals surface area contributed by atoms with Gasteiger partial charge in [-0.25, -0.2) is 9.78 Å². The van der Waals surface area contributed by atoms with Crippen LogP contribution in [-0.4, -0.2) is 149 Å². The van der Waals surface area contributed by atoms with Crippen LogP contribution in [0.4, 0.5) is 21.9 Å². The molecule has 1 saturated heterocycles. The highest BCUT2D eigenvalue weighted by Crippen LogP contribution is 2.51. The second kappa shape index (κ2) is 36.1. The summed E-state index contributed by atoms with van der Waals surface area (Å²) >= 11 is 0. The van der Waals surface area contributed by atoms with Gasteiger partial charge in [-0.3, -0.25) is 53.5 Å². The average molecular weight is 1510 g/mol. The van der Waals surface area contributed by atoms with Crippen molar-refractivity contribution in [2.75, 3.05) is 48.8 Å². The van der Waals surface area contributed by atoms with Gasteiger partial charge in [0.05, 0.1) is 23.3 Å². The van der Waals surface area contributed by atoms with E-state index in [-0.39, 0.29) is 142 Å². The van der Waals surface area contributed by atoms with Crippen LogP contribution >= 0.6 is 0 Å². The molecule has 4 bridgehead atoms. The lowest BCUT2D eigenvalue weighted by molar-refractivity contribution is -0.155. The third-order valence-electron chi connectivity index (χ3n) is 20.4. The number of hydrogen-bond acceptors (Lipinski definition) is 21. The number of imide groups is 1. The molecule has 11 N–H and O–H groups in total. The number of phenolic OH excluding ortho intramolecular Hbond substituents is 2. The Kier molecular flexibility index (Phi) is 26.5. The van der Waals surface area contributed by atoms with Gasteiger partial charge in [-0.1, -0.05) is 94.8 Å². The van der Waals surface area contributed by atoms with Crippen molar-refractivity contribution in [3.05, 3.63) is 147 Å². The van der Waals surface area contributed by atoms with E-state index < -0.39 is 94.3 Å². The Bertz CT molecular complexity index is 4620. The Morgan fingerprint density at radius 1 is 0.855 bits per heavy atom. The number of nitrogens with one attached hydrogen (secondary N) is 7. The minimum atomic E-state index is -2.09. The average Bonchev–Trinajstić information content (AvgIpc) is 1.41. The molecule has 0 saturated carbocycles. The number of carbonyl (C=O) groups excluding carboxylic acids is 9. The van der Waals surface area contributed by atoms with Gasteiger partial charge in [0, 0.05) is 124 Å². The fourth-order valence-electron chi connectivity index (χ4n) is 14.6. The molecular weight excluding hydrogens is 1410 g/mol. The Morgan fingerprint density at radius 3 is 2.26 bits per heavy atom. The summed E-state index contributed by atoms with van der Waals surface area (Å²) in [7, 11) is 1.51. The molecule has 5 aliphatic heterocycles. The van der Waals surface area contributed by atoms with Crippen molar-refractivity contribution in [3.63, 3.8) is 0 Å². The van der Waals surface area contributed by atoms with Gasteiger partial charge in [-0.15, -0.1) is 0 Å². The molecule has 0 radical (unpaired) electrons. The zero-order chi connectivity index (χ0) is 79.3. The quantitative estimate of drug-likeness (QED) is 0.00542. The topological polar surface area (TPSA) is 412 Å². The number of carbonyl (C=O) groups is 9. The van der Waals surface area contributed by atoms with Crippen molar-refractivity contribution in [2.45, 2.75) is 169 Å². The van der Waals surface area contributed by atoms with E-state index in [2.05, 4.69) is 45.7 Å². The Labute approximate surface area is 636 Å². The predicted octanol–water partition coefficient (Wildman–Crippen LogP) is 9.51. The lowest BCUT2D eigenvalue weighted by Gasteiger charge is -2.34. The van der Waals surface area contributed by atoms with E-state index in [0.717, 1.165) is 16.9 Å². The standard InChI is InChI=1S/C81H97N11O18/c1-44-18-16-19-46(3)76(101)90-69-71(99)65-64(66-73(49(6)70(65)98)110-81(8,75(66)100)107-37-32-59(105-9)48(5)72(108-50(7)93)47(4)39-45(2)38-44)68-74(69)109-60-42-55(41-58(94)67(60)89-68)91-35-30-54(31-36-91)86-80(104)106-43-52-24-26-53(27-25-52)85-77(102)56(22-17-33-84-79(82)83)88-78(103)57(40-51-20-12-10-13-21-51)87-61(95)23-14-11-15-34-92-62(96)28-29-63(92)97/h10,12-13,16,18-21,24-29,32,37,41-42,44-45,47-48,54,56-57,59,72,94,98H,11,14-15,17,22-23,30-31,33-36,38-40,43H2,1-9H3,(H,85,102)(H,86,104)(H,87,95)(H,88,103)(H,90,101)(H4,82,83,84)/b18-16+,37-32+,46-19-/t44-,45+,47+,48+,56-,57-,59-,72-,81-/m0/s1. The van der Waals surface area contributed by atoms with Crippen molar-refractivity contribution in [1.29, 1.82) is 5.41 Å². The molecule has 4 aromatic carbocycles. The fourth-order valence-corrected chi connectivity index (χ4v) is 14.6. The molecule has 6 aliphatic rings. The number of alkyl carbamates (subject to hydrolysis) is 1. The number of ether oxygens (including phenoxy) is 5. The molecule has 9 atom stereocenters. The van der Waals surface area contributed by atoms with Gasteiger partial charge < -0.3 is 80.8 Å². The molecule has 110 heavy (non-hydrogen) atoms. The lowest BCUT2D eigenvalue weighted by Crippen LogP contribution is -2.53. The van der Waals surface area contributed by atoms with Crippen LogP contribution in [0.2, 0.25) is 0 Å². The first kappa shape index (κ1) is 80.9. The van der Waals surface area contributed by atoms with E-state index in [4.69, 9.17) is 44.2 Å². The molecule has 0 spiro atoms. The normalized spacial score (nSPS) is 22.1. The largest absolute Gasteiger partial charge is 0.507 e. The number of piperidine rings is 1. The summed E-state index contributed by atoms with van der Waals surface area (Å²) in [6.45, 7) is 14.9. The number of amides is 7. The highest BCUT2D eigenvalue weighted by atomic mass is 16.7. The van der Waals surface area contributed by atoms with Gasteiger partial charge in [0.25, 0.3) is 23.5 Å². The molecule has 10 rings (SSSR count). The number of hydrogen-bond donors (Lipinski definition) is 10. The molecule has 29 heteroatoms. The van der Waals surface area contributed by atoms with Gasteiger partial charge in [0.1, 0.15) is 58.9 Å². The van der Waals surface area contributed by atoms with Crippen LogP contribution in [0.3, 0.4) is 0 Å². The summed E-state index contributed by atoms with van der Waals surface area (Å²) < 4.78 is 36.6. The third-order valence-corrected chi connectivity index (χ3v) is 20.4. The number of nitrogens with two attached hydrogens (primary N) is 1. The van der Waals surface area contributed by atoms with Crippen LogP contribution in [0.5, 0.6) is 17.2 Å². The number of fused-ring (bicyclic) bond motifs is 2. The van der Waals surface area contributed by atoms with Crippen molar-refractivity contribution < 1.29 is 81.5 Å². The maximum atomic E-state index is 15.2. The number of ketones is 1. The summed E-state index contributed by atoms with van der Waals surface area (Å²) in [5.41, 5.74) is 6.13. The number of esters is 1. The van der Waals surface area contributed by atoms with E-state index in [9.17, 15) is 48.6 Å². The number of methoxy groups -OCH3 is 1. The van der Waals surface area contributed by atoms with E-state index in [1.54, 1.807) is 67.6 Å². The van der Waals surface area contributed by atoms with Gasteiger partial charge in [-0.05, 0) is 112 Å². The summed E-state index contributed by atoms with van der Waals surface area (Å²) in [6.07, 6.45) is 13.1. The Hall–Kier alpha value is -11.6. The van der Waals surface area contributed by atoms with Crippen molar-refractivity contribution in [2.24, 2.45) is 29.4 Å². The monoisotopic (exact) mass is 1510 g/mol. The number of phenols is 2. The molecule has 0 aromatic heterocycles. The molecule has 0 unspecified atom stereocenters. The molecule has 584 valence electrons. The van der Waals surface area contributed by atoms with Gasteiger partial charge in [-0.2, -0.15) is 0 Å². The molecule has 5 heterocycles. The van der Waals surface area contributed by atoms with E-state index in [1.807, 2.05) is 43.0 Å². The minimum absolute atomic E-state index is 0.00904. The zero-order valence-electron chi connectivity index (χ0n) is 63.2. The molecule has 29 nitrogen and oxygen atoms in total. The molecule has 4 aromatic rings. The third kappa shape index (κ3) is 19.6. The summed E-state index contributed by atoms with van der Waals surface area (Å²) in [6, 6.07) is 16.2. The number of aromatic hydroxyl groups is 2. The second-order valence-electron chi connectivity index (χ2n) is 29.0. The number of nitrogens with zero attached hydrogens (tertiary/aromatic N) is 3. The summed E-state index contributed by atoms with van der Waals surface area (Å²) in [5, 5.41) is 47.9. The molecule has 1 fully saturated rings. The fraction of sp³-hybridized carbons (Fsp3) is 0.432. The predicted molar refractivity (Wildman–Crippen MR) is 411 cm³/mol. The molecule has 7 amide bonds. The van der Waals surface area contributed by atoms with E-state index in [1.165, 1.54) is 52.4 Å². The number of benzene rings is 5. The maximum Gasteiger partial charge on any atom is 0.407 e. The van der Waals surface area contributed by atoms with Gasteiger partial charge >= 0.3 is 17.8 Å². The highest BCUT2D eigenvalue weighted by molar-refractivity contribution is 6.22. The second-order valence-corrected chi connectivity index (χ2v) is 29.0. The van der Waals surface area contributed by atoms with Crippen LogP contribution in [0, 0.1) is 36.0 Å². The first-order chi connectivity index (χ1) is 52.5. The number of aromatic nitrogens is 1. The van der Waals surface area contributed by atoms with Crippen molar-refractivity contribution in [3.8, 4) is 28.7 Å². The Morgan fingerprint density at radius 2 is 1.57 bits per heavy atom. The summed E-state index contributed by atoms with van der Waals surface area (Å²) in [5.74, 6) is -8.18. The molecular formula is C81H97N11O18. The van der Waals surface area contributed by atoms with Gasteiger partial charge in [0.15, 0.2) is 17.3 Å². The highest BCUT2D eigenvalue weighted by Gasteiger charge is 2.50. The van der Waals surface area contributed by atoms with Crippen LogP contribution in [0.1, 0.15) is 140 Å². The zero-order valence-corrected chi connectivity index (χ0v) is 63.2. The minimum Gasteiger partial charge on any atom is -0.507 e. The van der Waals surface area contributed by atoms with Crippen LogP contribution in [0.25, 0.3) is 33.3 Å². The number of rotatable bonds is 23. The van der Waals surface area contributed by atoms with Crippen LogP contribution in [-0.2, 0) is 65.5 Å². The smallest absolute Gasteiger partial charge is 0.407 e.